The Kier molecular flexibility index (Phi) is 7.98. The average Bonchev–Trinajstić information content (AvgIpc) is 3.42. The molecule has 0 unspecified atom stereocenters. The quantitative estimate of drug-likeness (QED) is 0.429. The fraction of sp³-hybridized carbons (Fsp3) is 0.531. The third-order valence-corrected chi connectivity index (χ3v) is 9.08. The van der Waals surface area contributed by atoms with Gasteiger partial charge in [-0.2, -0.15) is 0 Å². The van der Waals surface area contributed by atoms with E-state index in [2.05, 4.69) is 45.4 Å². The zero-order valence-corrected chi connectivity index (χ0v) is 22.4. The molecule has 3 heterocycles. The number of benzene rings is 2. The van der Waals surface area contributed by atoms with E-state index in [0.717, 1.165) is 56.2 Å². The Morgan fingerprint density at radius 2 is 1.61 bits per heavy atom. The topological polar surface area (TPSA) is 58.0 Å². The number of para-hydroxylation sites is 1. The van der Waals surface area contributed by atoms with Crippen LogP contribution in [0, 0.1) is 5.92 Å². The van der Waals surface area contributed by atoms with Gasteiger partial charge in [-0.3, -0.25) is 4.79 Å². The SMILES string of the molecule is O=C(N[C@H]1CC[C@H](CCN2CCC(c3coc4ccccc34)CC2)CC1)c1ccc(N2CCOCC2)cc1. The van der Waals surface area contributed by atoms with Gasteiger partial charge in [0.25, 0.3) is 5.91 Å². The number of carbonyl (C=O) groups excluding carboxylic acids is 1. The van der Waals surface area contributed by atoms with Gasteiger partial charge in [0.1, 0.15) is 5.58 Å². The number of ether oxygens (including phenoxy) is 1. The molecule has 1 aliphatic carbocycles. The van der Waals surface area contributed by atoms with Crippen LogP contribution in [0.5, 0.6) is 0 Å². The molecule has 0 bridgehead atoms. The summed E-state index contributed by atoms with van der Waals surface area (Å²) >= 11 is 0. The largest absolute Gasteiger partial charge is 0.464 e. The molecular weight excluding hydrogens is 474 g/mol. The van der Waals surface area contributed by atoms with Gasteiger partial charge < -0.3 is 24.3 Å². The lowest BCUT2D eigenvalue weighted by molar-refractivity contribution is 0.0919. The number of fused-ring (bicyclic) bond motifs is 1. The molecule has 38 heavy (non-hydrogen) atoms. The van der Waals surface area contributed by atoms with Crippen molar-refractivity contribution in [1.82, 2.24) is 10.2 Å². The van der Waals surface area contributed by atoms with Gasteiger partial charge >= 0.3 is 0 Å². The first-order valence-corrected chi connectivity index (χ1v) is 14.6. The molecule has 3 aliphatic rings. The second kappa shape index (κ2) is 11.9. The second-order valence-corrected chi connectivity index (χ2v) is 11.4. The van der Waals surface area contributed by atoms with E-state index in [-0.39, 0.29) is 5.91 Å². The van der Waals surface area contributed by atoms with Gasteiger partial charge in [0.15, 0.2) is 0 Å². The minimum absolute atomic E-state index is 0.0650. The van der Waals surface area contributed by atoms with Crippen LogP contribution in [0.3, 0.4) is 0 Å². The number of nitrogens with one attached hydrogen (secondary N) is 1. The third kappa shape index (κ3) is 5.92. The zero-order chi connectivity index (χ0) is 25.7. The van der Waals surface area contributed by atoms with Gasteiger partial charge in [0, 0.05) is 41.3 Å². The fourth-order valence-corrected chi connectivity index (χ4v) is 6.66. The molecule has 1 N–H and O–H groups in total. The van der Waals surface area contributed by atoms with Crippen molar-refractivity contribution in [2.75, 3.05) is 50.8 Å². The lowest BCUT2D eigenvalue weighted by Gasteiger charge is -2.34. The molecule has 0 radical (unpaired) electrons. The highest BCUT2D eigenvalue weighted by atomic mass is 16.5. The minimum atomic E-state index is 0.0650. The summed E-state index contributed by atoms with van der Waals surface area (Å²) < 4.78 is 11.2. The van der Waals surface area contributed by atoms with Gasteiger partial charge in [-0.25, -0.2) is 0 Å². The van der Waals surface area contributed by atoms with E-state index in [1.54, 1.807) is 0 Å². The predicted molar refractivity (Wildman–Crippen MR) is 152 cm³/mol. The smallest absolute Gasteiger partial charge is 0.251 e. The number of anilines is 1. The van der Waals surface area contributed by atoms with E-state index in [1.807, 2.05) is 24.5 Å². The van der Waals surface area contributed by atoms with Crippen molar-refractivity contribution >= 4 is 22.6 Å². The number of furan rings is 1. The Labute approximate surface area is 226 Å². The van der Waals surface area contributed by atoms with Crippen molar-refractivity contribution in [2.45, 2.75) is 56.9 Å². The van der Waals surface area contributed by atoms with Crippen molar-refractivity contribution in [3.8, 4) is 0 Å². The molecule has 1 aromatic heterocycles. The summed E-state index contributed by atoms with van der Waals surface area (Å²) in [5.74, 6) is 1.46. The van der Waals surface area contributed by atoms with Gasteiger partial charge in [-0.1, -0.05) is 18.2 Å². The standard InChI is InChI=1S/C32H41N3O3/c36-32(26-7-11-28(12-8-26)35-19-21-37-22-20-35)33-27-9-5-24(6-10-27)13-16-34-17-14-25(15-18-34)30-23-38-31-4-2-1-3-29(30)31/h1-4,7-8,11-12,23-25,27H,5-6,9-10,13-22H2,(H,33,36)/t24-,27-. The number of piperidine rings is 1. The van der Waals surface area contributed by atoms with E-state index < -0.39 is 0 Å². The van der Waals surface area contributed by atoms with Crippen molar-refractivity contribution in [3.05, 3.63) is 65.9 Å². The molecule has 1 saturated carbocycles. The van der Waals surface area contributed by atoms with Crippen molar-refractivity contribution < 1.29 is 13.9 Å². The summed E-state index contributed by atoms with van der Waals surface area (Å²) in [6, 6.07) is 16.8. The van der Waals surface area contributed by atoms with Crippen LogP contribution in [0.25, 0.3) is 11.0 Å². The van der Waals surface area contributed by atoms with Crippen LogP contribution in [0.4, 0.5) is 5.69 Å². The van der Waals surface area contributed by atoms with Crippen LogP contribution in [-0.4, -0.2) is 62.8 Å². The van der Waals surface area contributed by atoms with Crippen molar-refractivity contribution in [2.24, 2.45) is 5.92 Å². The summed E-state index contributed by atoms with van der Waals surface area (Å²) in [4.78, 5) is 17.8. The monoisotopic (exact) mass is 515 g/mol. The molecule has 2 aromatic carbocycles. The predicted octanol–water partition coefficient (Wildman–Crippen LogP) is 5.83. The summed E-state index contributed by atoms with van der Waals surface area (Å²) in [5.41, 5.74) is 4.34. The highest BCUT2D eigenvalue weighted by molar-refractivity contribution is 5.94. The zero-order valence-electron chi connectivity index (χ0n) is 22.4. The molecule has 0 spiro atoms. The lowest BCUT2D eigenvalue weighted by atomic mass is 9.83. The molecular formula is C32H41N3O3. The molecule has 1 amide bonds. The van der Waals surface area contributed by atoms with Crippen LogP contribution in [0.1, 0.15) is 66.8 Å². The number of amides is 1. The Balaban J connectivity index is 0.901. The normalized spacial score (nSPS) is 23.5. The molecule has 2 saturated heterocycles. The first kappa shape index (κ1) is 25.4. The van der Waals surface area contributed by atoms with E-state index >= 15 is 0 Å². The Bertz CT molecular complexity index is 1180. The number of morpholine rings is 1. The minimum Gasteiger partial charge on any atom is -0.464 e. The second-order valence-electron chi connectivity index (χ2n) is 11.4. The van der Waals surface area contributed by atoms with E-state index in [1.165, 1.54) is 68.4 Å². The molecule has 6 heteroatoms. The van der Waals surface area contributed by atoms with Gasteiger partial charge in [0.05, 0.1) is 19.5 Å². The molecule has 2 aliphatic heterocycles. The molecule has 6 rings (SSSR count). The summed E-state index contributed by atoms with van der Waals surface area (Å²) in [5, 5.41) is 4.59. The van der Waals surface area contributed by atoms with Crippen LogP contribution in [0.15, 0.2) is 59.2 Å². The number of carbonyl (C=O) groups is 1. The van der Waals surface area contributed by atoms with Crippen LogP contribution < -0.4 is 10.2 Å². The van der Waals surface area contributed by atoms with Crippen LogP contribution >= 0.6 is 0 Å². The maximum atomic E-state index is 12.8. The van der Waals surface area contributed by atoms with Crippen molar-refractivity contribution in [1.29, 1.82) is 0 Å². The van der Waals surface area contributed by atoms with E-state index in [0.29, 0.717) is 12.0 Å². The number of likely N-dealkylation sites (tertiary alicyclic amines) is 1. The molecule has 202 valence electrons. The average molecular weight is 516 g/mol. The van der Waals surface area contributed by atoms with Gasteiger partial charge in [-0.05, 0) is 107 Å². The highest BCUT2D eigenvalue weighted by Crippen LogP contribution is 2.35. The summed E-state index contributed by atoms with van der Waals surface area (Å²) in [6.45, 7) is 6.93. The third-order valence-electron chi connectivity index (χ3n) is 9.08. The Morgan fingerprint density at radius 1 is 0.868 bits per heavy atom. The molecule has 6 nitrogen and oxygen atoms in total. The Morgan fingerprint density at radius 3 is 2.37 bits per heavy atom. The first-order valence-electron chi connectivity index (χ1n) is 14.6. The maximum Gasteiger partial charge on any atom is 0.251 e. The number of hydrogen-bond donors (Lipinski definition) is 1. The van der Waals surface area contributed by atoms with Crippen molar-refractivity contribution in [3.63, 3.8) is 0 Å². The van der Waals surface area contributed by atoms with E-state index in [4.69, 9.17) is 9.15 Å². The fourth-order valence-electron chi connectivity index (χ4n) is 6.66. The van der Waals surface area contributed by atoms with Gasteiger partial charge in [-0.15, -0.1) is 0 Å². The number of rotatable bonds is 7. The molecule has 0 atom stereocenters. The highest BCUT2D eigenvalue weighted by Gasteiger charge is 2.26. The maximum absolute atomic E-state index is 12.8. The van der Waals surface area contributed by atoms with Crippen LogP contribution in [0.2, 0.25) is 0 Å². The number of nitrogens with zero attached hydrogens (tertiary/aromatic N) is 2. The van der Waals surface area contributed by atoms with E-state index in [9.17, 15) is 4.79 Å². The molecule has 3 fully saturated rings. The summed E-state index contributed by atoms with van der Waals surface area (Å²) in [6.07, 6.45) is 10.3. The summed E-state index contributed by atoms with van der Waals surface area (Å²) in [7, 11) is 0. The lowest BCUT2D eigenvalue weighted by Crippen LogP contribution is -2.39. The first-order chi connectivity index (χ1) is 18.7. The van der Waals surface area contributed by atoms with Gasteiger partial charge in [0.2, 0.25) is 0 Å². The Hall–Kier alpha value is -2.83. The van der Waals surface area contributed by atoms with Crippen LogP contribution in [-0.2, 0) is 4.74 Å². The molecule has 3 aromatic rings. The number of hydrogen-bond acceptors (Lipinski definition) is 5.